The van der Waals surface area contributed by atoms with Crippen LogP contribution in [0.4, 0.5) is 13.2 Å². The molecule has 49 heavy (non-hydrogen) atoms. The predicted molar refractivity (Wildman–Crippen MR) is 180 cm³/mol. The number of aryl methyl sites for hydroxylation is 3. The molecule has 4 aromatic heterocycles. The number of pyridine rings is 2. The number of aromatic nitrogens is 4. The number of halogens is 4. The quantitative estimate of drug-likeness (QED) is 0.168. The van der Waals surface area contributed by atoms with E-state index in [0.717, 1.165) is 6.07 Å². The molecule has 0 atom stereocenters. The van der Waals surface area contributed by atoms with Crippen LogP contribution >= 0.6 is 22.9 Å². The second kappa shape index (κ2) is 12.9. The van der Waals surface area contributed by atoms with Crippen LogP contribution in [0.2, 0.25) is 5.02 Å². The Kier molecular flexibility index (Phi) is 8.87. The summed E-state index contributed by atoms with van der Waals surface area (Å²) in [6, 6.07) is 12.3. The number of aromatic carboxylic acids is 1. The zero-order valence-corrected chi connectivity index (χ0v) is 27.7. The smallest absolute Gasteiger partial charge is 0.417 e. The molecule has 0 saturated carbocycles. The molecule has 4 heterocycles. The summed E-state index contributed by atoms with van der Waals surface area (Å²) < 4.78 is 51.2. The van der Waals surface area contributed by atoms with Gasteiger partial charge in [0.1, 0.15) is 24.3 Å². The SMILES string of the molecule is CCc1cc(-c2c(C(F)(F)F)cc3nc(C)n(CCOc4ccc(Cl)cc4-c4cc(C)nc5c(C(=O)O)csc45)c(=O)c3c2C#N)ccn1. The highest BCUT2D eigenvalue weighted by Gasteiger charge is 2.37. The summed E-state index contributed by atoms with van der Waals surface area (Å²) in [5.74, 6) is -0.582. The number of hydrogen-bond acceptors (Lipinski definition) is 8. The normalized spacial score (nSPS) is 11.6. The minimum atomic E-state index is -4.84. The van der Waals surface area contributed by atoms with Crippen LogP contribution in [-0.4, -0.2) is 37.2 Å². The lowest BCUT2D eigenvalue weighted by Gasteiger charge is -2.19. The van der Waals surface area contributed by atoms with Crippen LogP contribution in [0.1, 0.15) is 45.6 Å². The van der Waals surface area contributed by atoms with Crippen LogP contribution in [0.5, 0.6) is 5.75 Å². The Hall–Kier alpha value is -5.32. The zero-order chi connectivity index (χ0) is 35.2. The van der Waals surface area contributed by atoms with E-state index >= 15 is 0 Å². The van der Waals surface area contributed by atoms with Crippen molar-refractivity contribution in [3.63, 3.8) is 0 Å². The van der Waals surface area contributed by atoms with E-state index in [4.69, 9.17) is 16.3 Å². The van der Waals surface area contributed by atoms with Crippen LogP contribution in [0.25, 0.3) is 43.4 Å². The number of fused-ring (bicyclic) bond motifs is 2. The molecule has 9 nitrogen and oxygen atoms in total. The highest BCUT2D eigenvalue weighted by Crippen LogP contribution is 2.42. The molecule has 0 radical (unpaired) electrons. The van der Waals surface area contributed by atoms with Gasteiger partial charge in [-0.05, 0) is 68.3 Å². The molecule has 0 saturated heterocycles. The molecule has 0 fully saturated rings. The second-order valence-corrected chi connectivity index (χ2v) is 12.4. The van der Waals surface area contributed by atoms with E-state index in [1.165, 1.54) is 46.5 Å². The number of hydrogen-bond donors (Lipinski definition) is 1. The summed E-state index contributed by atoms with van der Waals surface area (Å²) in [5, 5.41) is 21.6. The van der Waals surface area contributed by atoms with Crippen molar-refractivity contribution in [1.82, 2.24) is 19.5 Å². The van der Waals surface area contributed by atoms with Crippen molar-refractivity contribution in [2.24, 2.45) is 0 Å². The molecule has 6 aromatic rings. The molecule has 0 bridgehead atoms. The largest absolute Gasteiger partial charge is 0.491 e. The van der Waals surface area contributed by atoms with Gasteiger partial charge in [0.25, 0.3) is 5.56 Å². The lowest BCUT2D eigenvalue weighted by molar-refractivity contribution is -0.137. The Bertz CT molecular complexity index is 2420. The van der Waals surface area contributed by atoms with Crippen LogP contribution in [-0.2, 0) is 19.1 Å². The van der Waals surface area contributed by atoms with Gasteiger partial charge >= 0.3 is 12.1 Å². The number of alkyl halides is 3. The minimum Gasteiger partial charge on any atom is -0.491 e. The van der Waals surface area contributed by atoms with Gasteiger partial charge in [-0.25, -0.2) is 9.78 Å². The number of carbonyl (C=O) groups is 1. The third kappa shape index (κ3) is 6.21. The van der Waals surface area contributed by atoms with Gasteiger partial charge in [0.2, 0.25) is 0 Å². The van der Waals surface area contributed by atoms with E-state index in [1.54, 1.807) is 38.1 Å². The second-order valence-electron chi connectivity index (χ2n) is 11.1. The first-order chi connectivity index (χ1) is 23.3. The molecule has 0 aliphatic rings. The van der Waals surface area contributed by atoms with Crippen LogP contribution < -0.4 is 10.3 Å². The summed E-state index contributed by atoms with van der Waals surface area (Å²) >= 11 is 7.59. The molecule has 248 valence electrons. The summed E-state index contributed by atoms with van der Waals surface area (Å²) in [6.45, 7) is 4.92. The van der Waals surface area contributed by atoms with Crippen molar-refractivity contribution in [3.8, 4) is 34.1 Å². The van der Waals surface area contributed by atoms with E-state index < -0.39 is 34.4 Å². The third-order valence-corrected chi connectivity index (χ3v) is 9.25. The van der Waals surface area contributed by atoms with Crippen molar-refractivity contribution in [2.75, 3.05) is 6.61 Å². The fourth-order valence-corrected chi connectivity index (χ4v) is 6.97. The van der Waals surface area contributed by atoms with Gasteiger partial charge in [0.05, 0.1) is 44.4 Å². The lowest BCUT2D eigenvalue weighted by atomic mass is 9.91. The Morgan fingerprint density at radius 1 is 1.12 bits per heavy atom. The first-order valence-electron chi connectivity index (χ1n) is 14.9. The number of ether oxygens (including phenoxy) is 1. The number of benzene rings is 2. The molecule has 0 aliphatic carbocycles. The lowest BCUT2D eigenvalue weighted by Crippen LogP contribution is -2.27. The molecule has 2 aromatic carbocycles. The van der Waals surface area contributed by atoms with E-state index in [2.05, 4.69) is 15.0 Å². The fraction of sp³-hybridized carbons (Fsp3) is 0.200. The first-order valence-corrected chi connectivity index (χ1v) is 16.1. The van der Waals surface area contributed by atoms with Crippen LogP contribution in [0.15, 0.2) is 58.8 Å². The topological polar surface area (TPSA) is 131 Å². The molecule has 0 amide bonds. The van der Waals surface area contributed by atoms with Gasteiger partial charge in [-0.3, -0.25) is 19.3 Å². The van der Waals surface area contributed by atoms with E-state index in [-0.39, 0.29) is 41.0 Å². The number of nitriles is 1. The van der Waals surface area contributed by atoms with E-state index in [9.17, 15) is 33.1 Å². The average Bonchev–Trinajstić information content (AvgIpc) is 3.49. The van der Waals surface area contributed by atoms with Gasteiger partial charge in [-0.2, -0.15) is 18.4 Å². The molecule has 0 aliphatic heterocycles. The van der Waals surface area contributed by atoms with Gasteiger partial charge in [0.15, 0.2) is 0 Å². The van der Waals surface area contributed by atoms with Crippen molar-refractivity contribution in [1.29, 1.82) is 5.26 Å². The zero-order valence-electron chi connectivity index (χ0n) is 26.1. The van der Waals surface area contributed by atoms with Crippen LogP contribution in [0.3, 0.4) is 0 Å². The number of thiophene rings is 1. The predicted octanol–water partition coefficient (Wildman–Crippen LogP) is 8.24. The maximum absolute atomic E-state index is 14.4. The Balaban J connectivity index is 1.42. The highest BCUT2D eigenvalue weighted by atomic mass is 35.5. The van der Waals surface area contributed by atoms with E-state index in [1.807, 2.05) is 6.07 Å². The first kappa shape index (κ1) is 33.6. The van der Waals surface area contributed by atoms with Gasteiger partial charge in [-0.1, -0.05) is 18.5 Å². The molecule has 6 rings (SSSR count). The van der Waals surface area contributed by atoms with Gasteiger partial charge in [0, 0.05) is 44.7 Å². The third-order valence-electron chi connectivity index (χ3n) is 8.01. The number of carboxylic acids is 1. The molecule has 0 spiro atoms. The molecule has 0 unspecified atom stereocenters. The highest BCUT2D eigenvalue weighted by molar-refractivity contribution is 7.18. The minimum absolute atomic E-state index is 0.0565. The van der Waals surface area contributed by atoms with Gasteiger partial charge in [-0.15, -0.1) is 11.3 Å². The van der Waals surface area contributed by atoms with Crippen molar-refractivity contribution in [2.45, 2.75) is 39.9 Å². The molecule has 1 N–H and O–H groups in total. The molecular weight excluding hydrogens is 679 g/mol. The maximum atomic E-state index is 14.4. The number of nitrogens with zero attached hydrogens (tertiary/aromatic N) is 5. The Morgan fingerprint density at radius 2 is 1.90 bits per heavy atom. The summed E-state index contributed by atoms with van der Waals surface area (Å²) in [5.41, 5.74) is 0.0130. The summed E-state index contributed by atoms with van der Waals surface area (Å²) in [6.07, 6.45) is -3.01. The number of carboxylic acid groups (broad SMARTS) is 1. The summed E-state index contributed by atoms with van der Waals surface area (Å²) in [7, 11) is 0. The van der Waals surface area contributed by atoms with E-state index in [0.29, 0.717) is 49.9 Å². The van der Waals surface area contributed by atoms with Crippen molar-refractivity contribution < 1.29 is 27.8 Å². The molecular formula is C35H25ClF3N5O4S. The average molecular weight is 704 g/mol. The van der Waals surface area contributed by atoms with Crippen molar-refractivity contribution in [3.05, 3.63) is 103 Å². The Labute approximate surface area is 285 Å². The standard InChI is InChI=1S/C35H25ClF3N5O4S/c1-4-21-12-19(7-8-41-21)29-24(15-40)30-27(14-26(29)35(37,38)39)43-18(3)44(33(30)45)9-10-48-28-6-5-20(36)13-22(28)23-11-17(2)42-31-25(34(46)47)16-49-32(23)31/h5-8,11-14,16H,4,9-10H2,1-3H3,(H,46,47). The number of rotatable bonds is 8. The monoisotopic (exact) mass is 703 g/mol. The fourth-order valence-electron chi connectivity index (χ4n) is 5.79. The van der Waals surface area contributed by atoms with Gasteiger partial charge < -0.3 is 9.84 Å². The summed E-state index contributed by atoms with van der Waals surface area (Å²) in [4.78, 5) is 38.7. The molecule has 14 heteroatoms. The Morgan fingerprint density at radius 3 is 2.59 bits per heavy atom. The van der Waals surface area contributed by atoms with Crippen molar-refractivity contribution >= 4 is 50.0 Å². The van der Waals surface area contributed by atoms with Crippen LogP contribution in [0, 0.1) is 25.2 Å². The maximum Gasteiger partial charge on any atom is 0.417 e.